The molecule has 5 N–H and O–H groups in total. The Kier molecular flexibility index (Phi) is 10.9. The van der Waals surface area contributed by atoms with Gasteiger partial charge in [0.25, 0.3) is 5.84 Å². The number of phenols is 2. The van der Waals surface area contributed by atoms with Crippen molar-refractivity contribution >= 4 is 37.3 Å². The summed E-state index contributed by atoms with van der Waals surface area (Å²) in [6, 6.07) is 8.55. The Hall–Kier alpha value is -3.58. The molecule has 0 unspecified atom stereocenters. The molecule has 0 bridgehead atoms. The van der Waals surface area contributed by atoms with Gasteiger partial charge < -0.3 is 10.2 Å². The van der Waals surface area contributed by atoms with E-state index in [1.165, 1.54) is 12.1 Å². The molecule has 0 aliphatic rings. The molecule has 0 amide bonds. The van der Waals surface area contributed by atoms with Crippen molar-refractivity contribution in [3.8, 4) is 17.6 Å². The van der Waals surface area contributed by atoms with Crippen molar-refractivity contribution < 1.29 is 27.0 Å². The van der Waals surface area contributed by atoms with Gasteiger partial charge in [-0.05, 0) is 49.2 Å². The number of hydrazone groups is 1. The second-order valence-electron chi connectivity index (χ2n) is 7.69. The summed E-state index contributed by atoms with van der Waals surface area (Å²) in [6.07, 6.45) is 2.91. The van der Waals surface area contributed by atoms with Gasteiger partial charge in [0, 0.05) is 13.1 Å². The fourth-order valence-corrected chi connectivity index (χ4v) is 4.93. The fraction of sp³-hybridized carbons (Fsp3) is 0.364. The van der Waals surface area contributed by atoms with Gasteiger partial charge >= 0.3 is 0 Å². The minimum Gasteiger partial charge on any atom is -0.506 e. The molecule has 13 nitrogen and oxygen atoms in total. The van der Waals surface area contributed by atoms with Crippen molar-refractivity contribution in [2.75, 3.05) is 18.5 Å². The largest absolute Gasteiger partial charge is 0.506 e. The van der Waals surface area contributed by atoms with Crippen molar-refractivity contribution in [2.45, 2.75) is 49.3 Å². The molecule has 0 spiro atoms. The Morgan fingerprint density at radius 1 is 0.892 bits per heavy atom. The molecule has 0 heterocycles. The number of unbranched alkanes of at least 4 members (excludes halogenated alkanes) is 2. The maximum atomic E-state index is 12.4. The topological polar surface area (TPSA) is 206 Å². The third-order valence-corrected chi connectivity index (χ3v) is 7.73. The summed E-state index contributed by atoms with van der Waals surface area (Å²) in [5.74, 6) is -1.27. The number of hydrogen-bond donors (Lipinski definition) is 5. The number of benzene rings is 2. The zero-order valence-electron chi connectivity index (χ0n) is 20.3. The van der Waals surface area contributed by atoms with Crippen LogP contribution in [0.1, 0.15) is 39.5 Å². The molecular formula is C22H29N7O6S2. The van der Waals surface area contributed by atoms with E-state index >= 15 is 0 Å². The number of nitrogens with one attached hydrogen (secondary N) is 3. The molecule has 37 heavy (non-hydrogen) atoms. The van der Waals surface area contributed by atoms with Crippen molar-refractivity contribution in [2.24, 2.45) is 15.3 Å². The monoisotopic (exact) mass is 551 g/mol. The van der Waals surface area contributed by atoms with E-state index in [4.69, 9.17) is 0 Å². The van der Waals surface area contributed by atoms with Crippen LogP contribution in [-0.2, 0) is 20.0 Å². The van der Waals surface area contributed by atoms with Gasteiger partial charge in [-0.15, -0.1) is 15.3 Å². The molecule has 200 valence electrons. The van der Waals surface area contributed by atoms with Gasteiger partial charge in [0.05, 0.1) is 15.5 Å². The first-order chi connectivity index (χ1) is 17.5. The Morgan fingerprint density at radius 3 is 1.97 bits per heavy atom. The number of aromatic hydroxyl groups is 2. The number of nitriles is 1. The number of hydrogen-bond acceptors (Lipinski definition) is 10. The molecule has 0 fully saturated rings. The van der Waals surface area contributed by atoms with Gasteiger partial charge in [-0.3, -0.25) is 5.43 Å². The lowest BCUT2D eigenvalue weighted by Crippen LogP contribution is -2.24. The van der Waals surface area contributed by atoms with E-state index < -0.39 is 25.9 Å². The normalized spacial score (nSPS) is 12.5. The molecule has 15 heteroatoms. The van der Waals surface area contributed by atoms with Crippen LogP contribution in [0.2, 0.25) is 0 Å². The average molecular weight is 552 g/mol. The minimum absolute atomic E-state index is 0.115. The Balaban J connectivity index is 2.24. The lowest BCUT2D eigenvalue weighted by molar-refractivity contribution is 0.475. The molecule has 0 radical (unpaired) electrons. The summed E-state index contributed by atoms with van der Waals surface area (Å²) in [7, 11) is -7.67. The summed E-state index contributed by atoms with van der Waals surface area (Å²) in [5.41, 5.74) is 2.02. The van der Waals surface area contributed by atoms with Gasteiger partial charge in [0.2, 0.25) is 20.0 Å². The van der Waals surface area contributed by atoms with Gasteiger partial charge in [-0.2, -0.15) is 5.26 Å². The van der Waals surface area contributed by atoms with E-state index in [0.29, 0.717) is 12.8 Å². The number of amidine groups is 1. The fourth-order valence-electron chi connectivity index (χ4n) is 2.74. The number of anilines is 1. The highest BCUT2D eigenvalue weighted by molar-refractivity contribution is 7.89. The molecule has 0 aliphatic heterocycles. The summed E-state index contributed by atoms with van der Waals surface area (Å²) < 4.78 is 54.5. The van der Waals surface area contributed by atoms with Crippen molar-refractivity contribution in [3.63, 3.8) is 0 Å². The highest BCUT2D eigenvalue weighted by Crippen LogP contribution is 2.30. The summed E-state index contributed by atoms with van der Waals surface area (Å²) in [4.78, 5) is -0.283. The van der Waals surface area contributed by atoms with Crippen LogP contribution in [0.3, 0.4) is 0 Å². The quantitative estimate of drug-likeness (QED) is 0.0622. The molecule has 0 saturated carbocycles. The summed E-state index contributed by atoms with van der Waals surface area (Å²) >= 11 is 0. The molecule has 2 aromatic carbocycles. The lowest BCUT2D eigenvalue weighted by Gasteiger charge is -2.09. The Labute approximate surface area is 216 Å². The van der Waals surface area contributed by atoms with Crippen LogP contribution in [0.4, 0.5) is 11.4 Å². The molecular weight excluding hydrogens is 522 g/mol. The minimum atomic E-state index is -3.84. The van der Waals surface area contributed by atoms with Crippen molar-refractivity contribution in [1.29, 1.82) is 5.26 Å². The average Bonchev–Trinajstić information content (AvgIpc) is 2.86. The van der Waals surface area contributed by atoms with Gasteiger partial charge in [-0.1, -0.05) is 26.7 Å². The van der Waals surface area contributed by atoms with Crippen LogP contribution >= 0.6 is 0 Å². The van der Waals surface area contributed by atoms with E-state index in [1.807, 2.05) is 13.8 Å². The molecule has 0 aromatic heterocycles. The molecule has 0 saturated heterocycles. The van der Waals surface area contributed by atoms with Crippen LogP contribution in [-0.4, -0.2) is 46.0 Å². The van der Waals surface area contributed by atoms with Crippen LogP contribution < -0.4 is 14.9 Å². The predicted molar refractivity (Wildman–Crippen MR) is 138 cm³/mol. The highest BCUT2D eigenvalue weighted by atomic mass is 32.2. The van der Waals surface area contributed by atoms with E-state index in [2.05, 4.69) is 30.2 Å². The van der Waals surface area contributed by atoms with Crippen LogP contribution in [0.15, 0.2) is 61.5 Å². The van der Waals surface area contributed by atoms with Gasteiger partial charge in [-0.25, -0.2) is 26.3 Å². The van der Waals surface area contributed by atoms with E-state index in [0.717, 1.165) is 37.1 Å². The van der Waals surface area contributed by atoms with Crippen molar-refractivity contribution in [3.05, 3.63) is 36.4 Å². The predicted octanol–water partition coefficient (Wildman–Crippen LogP) is 3.29. The van der Waals surface area contributed by atoms with Crippen molar-refractivity contribution in [1.82, 2.24) is 9.44 Å². The Morgan fingerprint density at radius 2 is 1.43 bits per heavy atom. The first-order valence-corrected chi connectivity index (χ1v) is 14.3. The zero-order chi connectivity index (χ0) is 27.5. The van der Waals surface area contributed by atoms with Gasteiger partial charge in [0.15, 0.2) is 0 Å². The van der Waals surface area contributed by atoms with Gasteiger partial charge in [0.1, 0.15) is 23.3 Å². The SMILES string of the molecule is CCCCNS(=O)(=O)c1ccc(O)c(N=NC(C#N)=NNc2cc(S(=O)(=O)NCCCC)ccc2O)c1. The zero-order valence-corrected chi connectivity index (χ0v) is 22.0. The van der Waals surface area contributed by atoms with Crippen LogP contribution in [0.5, 0.6) is 11.5 Å². The Bertz CT molecular complexity index is 1400. The maximum absolute atomic E-state index is 12.4. The molecule has 2 aromatic rings. The number of sulfonamides is 2. The van der Waals surface area contributed by atoms with E-state index in [9.17, 15) is 32.3 Å². The maximum Gasteiger partial charge on any atom is 0.270 e. The number of phenolic OH excluding ortho intramolecular Hbond substituents is 2. The molecule has 0 aliphatic carbocycles. The number of rotatable bonds is 13. The molecule has 0 atom stereocenters. The summed E-state index contributed by atoms with van der Waals surface area (Å²) in [6.45, 7) is 4.34. The third-order valence-electron chi connectivity index (χ3n) is 4.82. The van der Waals surface area contributed by atoms with Crippen LogP contribution in [0, 0.1) is 11.3 Å². The second kappa shape index (κ2) is 13.7. The van der Waals surface area contributed by atoms with E-state index in [1.54, 1.807) is 6.07 Å². The second-order valence-corrected chi connectivity index (χ2v) is 11.2. The number of azo groups is 1. The summed E-state index contributed by atoms with van der Waals surface area (Å²) in [5, 5.41) is 40.4. The smallest absolute Gasteiger partial charge is 0.270 e. The first-order valence-electron chi connectivity index (χ1n) is 11.3. The van der Waals surface area contributed by atoms with E-state index in [-0.39, 0.29) is 45.8 Å². The van der Waals surface area contributed by atoms with Crippen LogP contribution in [0.25, 0.3) is 0 Å². The first kappa shape index (κ1) is 29.6. The highest BCUT2D eigenvalue weighted by Gasteiger charge is 2.17. The molecule has 2 rings (SSSR count). The third kappa shape index (κ3) is 8.79. The number of nitrogens with zero attached hydrogens (tertiary/aromatic N) is 4. The standard InChI is InChI=1S/C22H29N7O6S2/c1-3-5-11-24-36(32,33)16-7-9-20(30)18(13-16)26-28-22(15-23)29-27-19-14-17(8-10-21(19)31)37(34,35)25-12-6-4-2/h7-10,13-14,24-26,30-31H,3-6,11-12H2,1-2H3. The lowest BCUT2D eigenvalue weighted by atomic mass is 10.3.